The first-order valence-electron chi connectivity index (χ1n) is 6.03. The Kier molecular flexibility index (Phi) is 5.92. The molecule has 1 fully saturated rings. The van der Waals surface area contributed by atoms with E-state index in [0.29, 0.717) is 17.9 Å². The number of hydrogen-bond donors (Lipinski definition) is 2. The van der Waals surface area contributed by atoms with Gasteiger partial charge in [-0.2, -0.15) is 0 Å². The van der Waals surface area contributed by atoms with E-state index in [-0.39, 0.29) is 10.7 Å². The van der Waals surface area contributed by atoms with Gasteiger partial charge in [0.1, 0.15) is 17.9 Å². The van der Waals surface area contributed by atoms with E-state index in [1.165, 1.54) is 6.08 Å². The van der Waals surface area contributed by atoms with E-state index < -0.39 is 11.8 Å². The van der Waals surface area contributed by atoms with E-state index in [2.05, 4.69) is 62.4 Å². The molecule has 2 N–H and O–H groups in total. The number of nitrogens with one attached hydrogen (secondary N) is 2. The molecule has 5 nitrogen and oxygen atoms in total. The maximum Gasteiger partial charge on any atom is 0.263 e. The van der Waals surface area contributed by atoms with Crippen molar-refractivity contribution in [1.82, 2.24) is 10.6 Å². The van der Waals surface area contributed by atoms with Crippen LogP contribution in [0.3, 0.4) is 0 Å². The van der Waals surface area contributed by atoms with E-state index >= 15 is 0 Å². The number of ether oxygens (including phenoxy) is 1. The van der Waals surface area contributed by atoms with Crippen molar-refractivity contribution in [3.05, 3.63) is 43.1 Å². The molecule has 8 heteroatoms. The zero-order valence-electron chi connectivity index (χ0n) is 11.1. The number of carbonyl (C=O) groups is 2. The summed E-state index contributed by atoms with van der Waals surface area (Å²) in [6, 6.07) is 3.78. The van der Waals surface area contributed by atoms with Crippen LogP contribution in [0.5, 0.6) is 5.75 Å². The smallest absolute Gasteiger partial charge is 0.263 e. The lowest BCUT2D eigenvalue weighted by Crippen LogP contribution is -2.51. The molecule has 0 bridgehead atoms. The van der Waals surface area contributed by atoms with E-state index in [1.807, 2.05) is 12.1 Å². The van der Waals surface area contributed by atoms with Crippen LogP contribution in [0.4, 0.5) is 0 Å². The summed E-state index contributed by atoms with van der Waals surface area (Å²) in [6.45, 7) is 3.94. The molecule has 1 heterocycles. The van der Waals surface area contributed by atoms with Gasteiger partial charge in [-0.3, -0.25) is 20.2 Å². The Morgan fingerprint density at radius 1 is 1.23 bits per heavy atom. The van der Waals surface area contributed by atoms with Gasteiger partial charge in [0.15, 0.2) is 5.11 Å². The monoisotopic (exact) mass is 540 g/mol. The molecule has 0 spiro atoms. The van der Waals surface area contributed by atoms with E-state index in [9.17, 15) is 9.59 Å². The second-order valence-electron chi connectivity index (χ2n) is 4.20. The molecule has 1 saturated heterocycles. The van der Waals surface area contributed by atoms with Crippen molar-refractivity contribution in [2.24, 2.45) is 0 Å². The van der Waals surface area contributed by atoms with Crippen LogP contribution in [0.1, 0.15) is 5.56 Å². The Labute approximate surface area is 159 Å². The molecular formula is C14H10I2N2O3S. The predicted octanol–water partition coefficient (Wildman–Crippen LogP) is 2.37. The summed E-state index contributed by atoms with van der Waals surface area (Å²) in [5, 5.41) is 4.81. The van der Waals surface area contributed by atoms with Crippen molar-refractivity contribution >= 4 is 80.4 Å². The zero-order valence-corrected chi connectivity index (χ0v) is 16.2. The van der Waals surface area contributed by atoms with E-state index in [1.54, 1.807) is 6.08 Å². The average Bonchev–Trinajstić information content (AvgIpc) is 2.41. The lowest BCUT2D eigenvalue weighted by atomic mass is 10.1. The highest BCUT2D eigenvalue weighted by molar-refractivity contribution is 14.1. The molecule has 114 valence electrons. The van der Waals surface area contributed by atoms with Gasteiger partial charge in [0.05, 0.1) is 3.57 Å². The number of carbonyl (C=O) groups excluding carboxylic acids is 2. The largest absolute Gasteiger partial charge is 0.488 e. The van der Waals surface area contributed by atoms with Crippen molar-refractivity contribution in [3.63, 3.8) is 0 Å². The first kappa shape index (κ1) is 17.3. The third kappa shape index (κ3) is 4.04. The van der Waals surface area contributed by atoms with Gasteiger partial charge in [-0.25, -0.2) is 0 Å². The highest BCUT2D eigenvalue weighted by Crippen LogP contribution is 2.30. The molecule has 1 aromatic rings. The molecule has 0 atom stereocenters. The lowest BCUT2D eigenvalue weighted by Gasteiger charge is -2.17. The fraction of sp³-hybridized carbons (Fsp3) is 0.0714. The molecule has 2 rings (SSSR count). The van der Waals surface area contributed by atoms with Crippen LogP contribution in [0.15, 0.2) is 30.4 Å². The molecule has 1 aliphatic rings. The van der Waals surface area contributed by atoms with Crippen LogP contribution in [0.25, 0.3) is 6.08 Å². The normalized spacial score (nSPS) is 14.3. The van der Waals surface area contributed by atoms with Crippen LogP contribution in [0.2, 0.25) is 0 Å². The second-order valence-corrected chi connectivity index (χ2v) is 7.02. The summed E-state index contributed by atoms with van der Waals surface area (Å²) < 4.78 is 7.49. The van der Waals surface area contributed by atoms with Crippen molar-refractivity contribution in [3.8, 4) is 5.75 Å². The quantitative estimate of drug-likeness (QED) is 0.203. The highest BCUT2D eigenvalue weighted by atomic mass is 127. The fourth-order valence-corrected chi connectivity index (χ4v) is 3.97. The average molecular weight is 540 g/mol. The summed E-state index contributed by atoms with van der Waals surface area (Å²) in [7, 11) is 0. The Bertz CT molecular complexity index is 694. The first-order chi connectivity index (χ1) is 10.4. The third-order valence-corrected chi connectivity index (χ3v) is 4.25. The molecule has 2 amide bonds. The zero-order chi connectivity index (χ0) is 16.3. The highest BCUT2D eigenvalue weighted by Gasteiger charge is 2.26. The summed E-state index contributed by atoms with van der Waals surface area (Å²) >= 11 is 9.08. The van der Waals surface area contributed by atoms with Crippen LogP contribution < -0.4 is 15.4 Å². The third-order valence-electron chi connectivity index (χ3n) is 2.63. The summed E-state index contributed by atoms with van der Waals surface area (Å²) in [5.74, 6) is -0.461. The number of halogens is 2. The SMILES string of the molecule is C=CCOc1c(I)cc(I)cc1C=C1C(=O)NC(=S)NC1=O. The Morgan fingerprint density at radius 2 is 1.86 bits per heavy atom. The van der Waals surface area contributed by atoms with Crippen molar-refractivity contribution in [2.75, 3.05) is 6.61 Å². The predicted molar refractivity (Wildman–Crippen MR) is 104 cm³/mol. The first-order valence-corrected chi connectivity index (χ1v) is 8.60. The van der Waals surface area contributed by atoms with E-state index in [4.69, 9.17) is 17.0 Å². The van der Waals surface area contributed by atoms with Crippen molar-refractivity contribution < 1.29 is 14.3 Å². The van der Waals surface area contributed by atoms with Crippen LogP contribution in [0, 0.1) is 7.14 Å². The van der Waals surface area contributed by atoms with Gasteiger partial charge >= 0.3 is 0 Å². The van der Waals surface area contributed by atoms with Gasteiger partial charge in [0.2, 0.25) is 0 Å². The standard InChI is InChI=1S/C14H10I2N2O3S/c1-2-3-21-11-7(4-8(15)6-10(11)16)5-9-12(19)17-14(22)18-13(9)20/h2,4-6H,1,3H2,(H2,17,18,19,20,22). The van der Waals surface area contributed by atoms with Crippen LogP contribution >= 0.6 is 57.4 Å². The maximum atomic E-state index is 11.9. The number of amides is 2. The molecule has 1 aromatic carbocycles. The Hall–Kier alpha value is -1.01. The van der Waals surface area contributed by atoms with Gasteiger partial charge in [0.25, 0.3) is 11.8 Å². The number of thiocarbonyl (C=S) groups is 1. The van der Waals surface area contributed by atoms with Crippen LogP contribution in [-0.4, -0.2) is 23.5 Å². The summed E-state index contributed by atoms with van der Waals surface area (Å²) in [5.41, 5.74) is 0.626. The molecular weight excluding hydrogens is 530 g/mol. The Morgan fingerprint density at radius 3 is 2.45 bits per heavy atom. The lowest BCUT2D eigenvalue weighted by molar-refractivity contribution is -0.123. The number of rotatable bonds is 4. The topological polar surface area (TPSA) is 67.4 Å². The van der Waals surface area contributed by atoms with Crippen molar-refractivity contribution in [1.29, 1.82) is 0 Å². The van der Waals surface area contributed by atoms with E-state index in [0.717, 1.165) is 7.14 Å². The number of hydrogen-bond acceptors (Lipinski definition) is 4. The molecule has 0 radical (unpaired) electrons. The maximum absolute atomic E-state index is 11.9. The molecule has 0 aromatic heterocycles. The molecule has 0 unspecified atom stereocenters. The molecule has 0 saturated carbocycles. The molecule has 22 heavy (non-hydrogen) atoms. The van der Waals surface area contributed by atoms with Gasteiger partial charge in [0, 0.05) is 9.13 Å². The fourth-order valence-electron chi connectivity index (χ4n) is 1.74. The number of benzene rings is 1. The molecule has 0 aliphatic carbocycles. The van der Waals surface area contributed by atoms with Crippen LogP contribution in [-0.2, 0) is 9.59 Å². The minimum atomic E-state index is -0.530. The molecule has 1 aliphatic heterocycles. The van der Waals surface area contributed by atoms with Crippen molar-refractivity contribution in [2.45, 2.75) is 0 Å². The van der Waals surface area contributed by atoms with Gasteiger partial charge in [-0.15, -0.1) is 0 Å². The van der Waals surface area contributed by atoms with Gasteiger partial charge in [-0.1, -0.05) is 12.7 Å². The summed E-state index contributed by atoms with van der Waals surface area (Å²) in [6.07, 6.45) is 3.12. The van der Waals surface area contributed by atoms with Gasteiger partial charge in [-0.05, 0) is 75.6 Å². The minimum absolute atomic E-state index is 0.00695. The summed E-state index contributed by atoms with van der Waals surface area (Å²) in [4.78, 5) is 23.9. The van der Waals surface area contributed by atoms with Gasteiger partial charge < -0.3 is 4.74 Å². The minimum Gasteiger partial charge on any atom is -0.488 e. The second kappa shape index (κ2) is 7.51. The Balaban J connectivity index is 2.49.